The molecule has 1 aromatic carbocycles. The molecule has 1 heterocycles. The highest BCUT2D eigenvalue weighted by atomic mass is 35.5. The lowest BCUT2D eigenvalue weighted by Gasteiger charge is -2.32. The molecule has 0 bridgehead atoms. The molecule has 2 fully saturated rings. The molecule has 0 unspecified atom stereocenters. The van der Waals surface area contributed by atoms with Gasteiger partial charge < -0.3 is 9.47 Å². The van der Waals surface area contributed by atoms with Crippen molar-refractivity contribution in [2.75, 3.05) is 0 Å². The van der Waals surface area contributed by atoms with Crippen LogP contribution in [0, 0.1) is 0 Å². The molecule has 1 aliphatic carbocycles. The summed E-state index contributed by atoms with van der Waals surface area (Å²) in [6.07, 6.45) is 5.34. The van der Waals surface area contributed by atoms with Gasteiger partial charge in [0.15, 0.2) is 5.79 Å². The topological polar surface area (TPSA) is 18.5 Å². The third-order valence-corrected chi connectivity index (χ3v) is 4.73. The zero-order valence-electron chi connectivity index (χ0n) is 11.0. The van der Waals surface area contributed by atoms with E-state index < -0.39 is 5.79 Å². The number of benzene rings is 1. The van der Waals surface area contributed by atoms with E-state index in [0.29, 0.717) is 10.0 Å². The summed E-state index contributed by atoms with van der Waals surface area (Å²) in [5.41, 5.74) is 0.862. The van der Waals surface area contributed by atoms with Gasteiger partial charge in [0, 0.05) is 28.5 Å². The average molecular weight is 301 g/mol. The fourth-order valence-corrected chi connectivity index (χ4v) is 3.77. The lowest BCUT2D eigenvalue weighted by atomic mass is 9.94. The lowest BCUT2D eigenvalue weighted by Crippen LogP contribution is -2.33. The Morgan fingerprint density at radius 3 is 2.32 bits per heavy atom. The van der Waals surface area contributed by atoms with Gasteiger partial charge in [0.1, 0.15) is 6.10 Å². The molecule has 4 heteroatoms. The van der Waals surface area contributed by atoms with Crippen LogP contribution in [0.2, 0.25) is 10.0 Å². The molecule has 1 saturated carbocycles. The van der Waals surface area contributed by atoms with E-state index in [2.05, 4.69) is 0 Å². The highest BCUT2D eigenvalue weighted by Crippen LogP contribution is 2.48. The van der Waals surface area contributed by atoms with Crippen molar-refractivity contribution >= 4 is 23.2 Å². The van der Waals surface area contributed by atoms with Crippen LogP contribution in [0.3, 0.4) is 0 Å². The Kier molecular flexibility index (Phi) is 3.78. The van der Waals surface area contributed by atoms with Crippen LogP contribution in [-0.2, 0) is 9.47 Å². The molecule has 3 rings (SSSR count). The highest BCUT2D eigenvalue weighted by molar-refractivity contribution is 6.36. The molecule has 1 saturated heterocycles. The predicted molar refractivity (Wildman–Crippen MR) is 76.7 cm³/mol. The molecule has 1 spiro atoms. The van der Waals surface area contributed by atoms with E-state index in [0.717, 1.165) is 31.2 Å². The van der Waals surface area contributed by atoms with E-state index in [9.17, 15) is 0 Å². The predicted octanol–water partition coefficient (Wildman–Crippen LogP) is 5.13. The maximum atomic E-state index is 6.28. The van der Waals surface area contributed by atoms with Crippen LogP contribution in [0.25, 0.3) is 0 Å². The van der Waals surface area contributed by atoms with Crippen LogP contribution in [0.4, 0.5) is 0 Å². The number of ether oxygens (including phenoxy) is 2. The van der Waals surface area contributed by atoms with Gasteiger partial charge in [-0.05, 0) is 31.9 Å². The summed E-state index contributed by atoms with van der Waals surface area (Å²) in [6.45, 7) is 2.04. The fourth-order valence-electron chi connectivity index (χ4n) is 3.16. The van der Waals surface area contributed by atoms with Gasteiger partial charge in [-0.2, -0.15) is 0 Å². The zero-order chi connectivity index (χ0) is 13.5. The minimum atomic E-state index is -0.412. The summed E-state index contributed by atoms with van der Waals surface area (Å²) >= 11 is 12.6. The van der Waals surface area contributed by atoms with E-state index in [4.69, 9.17) is 32.7 Å². The van der Waals surface area contributed by atoms with Gasteiger partial charge in [0.25, 0.3) is 0 Å². The molecule has 0 amide bonds. The molecule has 1 aromatic rings. The Bertz CT molecular complexity index is 449. The van der Waals surface area contributed by atoms with Gasteiger partial charge in [-0.1, -0.05) is 35.7 Å². The van der Waals surface area contributed by atoms with Crippen LogP contribution >= 0.6 is 23.2 Å². The first kappa shape index (κ1) is 13.7. The Hall–Kier alpha value is -0.280. The maximum Gasteiger partial charge on any atom is 0.169 e. The molecule has 19 heavy (non-hydrogen) atoms. The molecule has 0 N–H and O–H groups in total. The molecular formula is C15H18Cl2O2. The maximum absolute atomic E-state index is 6.28. The van der Waals surface area contributed by atoms with Crippen LogP contribution in [-0.4, -0.2) is 11.9 Å². The van der Waals surface area contributed by atoms with Gasteiger partial charge in [-0.15, -0.1) is 0 Å². The third kappa shape index (κ3) is 2.52. The molecule has 2 aliphatic rings. The first-order valence-corrected chi connectivity index (χ1v) is 7.66. The Morgan fingerprint density at radius 1 is 1.05 bits per heavy atom. The summed E-state index contributed by atoms with van der Waals surface area (Å²) in [5, 5.41) is 1.31. The van der Waals surface area contributed by atoms with Crippen molar-refractivity contribution in [3.05, 3.63) is 33.8 Å². The van der Waals surface area contributed by atoms with E-state index in [-0.39, 0.29) is 12.2 Å². The molecule has 0 radical (unpaired) electrons. The van der Waals surface area contributed by atoms with Gasteiger partial charge in [-0.3, -0.25) is 0 Å². The summed E-state index contributed by atoms with van der Waals surface area (Å²) < 4.78 is 12.4. The normalized spacial score (nSPS) is 29.8. The molecular weight excluding hydrogens is 283 g/mol. The summed E-state index contributed by atoms with van der Waals surface area (Å²) in [6, 6.07) is 5.56. The first-order chi connectivity index (χ1) is 9.11. The highest BCUT2D eigenvalue weighted by Gasteiger charge is 2.47. The van der Waals surface area contributed by atoms with Crippen molar-refractivity contribution in [2.45, 2.75) is 57.0 Å². The second-order valence-electron chi connectivity index (χ2n) is 5.47. The minimum Gasteiger partial charge on any atom is -0.344 e. The number of hydrogen-bond donors (Lipinski definition) is 0. The minimum absolute atomic E-state index is 0.0181. The smallest absolute Gasteiger partial charge is 0.169 e. The van der Waals surface area contributed by atoms with Crippen LogP contribution in [0.15, 0.2) is 18.2 Å². The number of hydrogen-bond acceptors (Lipinski definition) is 2. The second kappa shape index (κ2) is 5.25. The van der Waals surface area contributed by atoms with Gasteiger partial charge >= 0.3 is 0 Å². The van der Waals surface area contributed by atoms with E-state index in [1.807, 2.05) is 25.1 Å². The van der Waals surface area contributed by atoms with E-state index in [1.54, 1.807) is 0 Å². The molecule has 2 nitrogen and oxygen atoms in total. The number of halogens is 2. The zero-order valence-corrected chi connectivity index (χ0v) is 12.5. The van der Waals surface area contributed by atoms with Crippen molar-refractivity contribution < 1.29 is 9.47 Å². The van der Waals surface area contributed by atoms with Crippen LogP contribution in [0.1, 0.15) is 50.7 Å². The van der Waals surface area contributed by atoms with Crippen molar-refractivity contribution in [1.29, 1.82) is 0 Å². The SMILES string of the molecule is C[C@H]1OC2(CCCCC2)O[C@@H]1c1c(Cl)cccc1Cl. The monoisotopic (exact) mass is 300 g/mol. The Labute approximate surface area is 124 Å². The van der Waals surface area contributed by atoms with Crippen molar-refractivity contribution in [3.8, 4) is 0 Å². The van der Waals surface area contributed by atoms with Crippen LogP contribution < -0.4 is 0 Å². The molecule has 0 aromatic heterocycles. The summed E-state index contributed by atoms with van der Waals surface area (Å²) in [4.78, 5) is 0. The first-order valence-electron chi connectivity index (χ1n) is 6.91. The van der Waals surface area contributed by atoms with Crippen LogP contribution in [0.5, 0.6) is 0 Å². The van der Waals surface area contributed by atoms with Crippen molar-refractivity contribution in [2.24, 2.45) is 0 Å². The largest absolute Gasteiger partial charge is 0.344 e. The van der Waals surface area contributed by atoms with Crippen molar-refractivity contribution in [3.63, 3.8) is 0 Å². The van der Waals surface area contributed by atoms with Gasteiger partial charge in [-0.25, -0.2) is 0 Å². The molecule has 1 aliphatic heterocycles. The fraction of sp³-hybridized carbons (Fsp3) is 0.600. The van der Waals surface area contributed by atoms with E-state index in [1.165, 1.54) is 6.42 Å². The van der Waals surface area contributed by atoms with Gasteiger partial charge in [0.2, 0.25) is 0 Å². The number of rotatable bonds is 1. The quantitative estimate of drug-likeness (QED) is 0.716. The van der Waals surface area contributed by atoms with Crippen molar-refractivity contribution in [1.82, 2.24) is 0 Å². The Balaban J connectivity index is 1.90. The Morgan fingerprint density at radius 2 is 1.68 bits per heavy atom. The second-order valence-corrected chi connectivity index (χ2v) is 6.28. The van der Waals surface area contributed by atoms with E-state index >= 15 is 0 Å². The van der Waals surface area contributed by atoms with Gasteiger partial charge in [0.05, 0.1) is 6.10 Å². The standard InChI is InChI=1S/C15H18Cl2O2/c1-10-14(13-11(16)6-5-7-12(13)17)19-15(18-10)8-3-2-4-9-15/h5-7,10,14H,2-4,8-9H2,1H3/t10-,14+/m1/s1. The summed E-state index contributed by atoms with van der Waals surface area (Å²) in [5.74, 6) is -0.412. The molecule has 2 atom stereocenters. The third-order valence-electron chi connectivity index (χ3n) is 4.07. The summed E-state index contributed by atoms with van der Waals surface area (Å²) in [7, 11) is 0. The lowest BCUT2D eigenvalue weighted by molar-refractivity contribution is -0.193. The molecule has 104 valence electrons. The average Bonchev–Trinajstić information content (AvgIpc) is 2.67.